The Morgan fingerprint density at radius 3 is 2.58 bits per heavy atom. The van der Waals surface area contributed by atoms with E-state index in [2.05, 4.69) is 15.6 Å². The fourth-order valence-electron chi connectivity index (χ4n) is 3.43. The minimum atomic E-state index is -0.546. The van der Waals surface area contributed by atoms with Crippen LogP contribution in [0.4, 0.5) is 15.6 Å². The Bertz CT molecular complexity index is 1090. The van der Waals surface area contributed by atoms with Crippen molar-refractivity contribution < 1.29 is 23.9 Å². The average Bonchev–Trinajstić information content (AvgIpc) is 3.37. The summed E-state index contributed by atoms with van der Waals surface area (Å²) in [5.41, 5.74) is 0.941. The fraction of sp³-hybridized carbons (Fsp3) is 0.364. The molecule has 1 saturated heterocycles. The molecular weight excluding hydrogens is 464 g/mol. The largest absolute Gasteiger partial charge is 0.451 e. The molecular formula is C22H24N4O5S2. The molecule has 1 aliphatic heterocycles. The lowest BCUT2D eigenvalue weighted by atomic mass is 10.1. The van der Waals surface area contributed by atoms with Crippen molar-refractivity contribution in [2.45, 2.75) is 25.8 Å². The van der Waals surface area contributed by atoms with Gasteiger partial charge in [0.15, 0.2) is 11.7 Å². The number of para-hydroxylation sites is 1. The highest BCUT2D eigenvalue weighted by atomic mass is 32.1. The summed E-state index contributed by atoms with van der Waals surface area (Å²) in [6.07, 6.45) is 0.930. The molecule has 2 aromatic heterocycles. The standard InChI is InChI=1S/C22H24N4O5S2/c1-2-30-22(29)26-10-8-15(9-11-26)23-18(27)13-31-20(28)17-12-16-19(32-17)25-21(33-16)24-14-6-4-3-5-7-14/h3-7,12,15H,2,8-11,13H2,1H3,(H,23,27)(H,24,25). The van der Waals surface area contributed by atoms with E-state index < -0.39 is 5.97 Å². The van der Waals surface area contributed by atoms with Crippen molar-refractivity contribution in [3.05, 3.63) is 41.3 Å². The molecule has 0 unspecified atom stereocenters. The topological polar surface area (TPSA) is 110 Å². The number of aromatic nitrogens is 1. The van der Waals surface area contributed by atoms with Crippen LogP contribution in [0.25, 0.3) is 9.53 Å². The van der Waals surface area contributed by atoms with E-state index >= 15 is 0 Å². The van der Waals surface area contributed by atoms with E-state index in [0.29, 0.717) is 37.4 Å². The highest BCUT2D eigenvalue weighted by Crippen LogP contribution is 2.34. The predicted octanol–water partition coefficient (Wildman–Crippen LogP) is 4.00. The Hall–Kier alpha value is -3.18. The number of piperidine rings is 1. The normalized spacial score (nSPS) is 14.2. The van der Waals surface area contributed by atoms with Crippen molar-refractivity contribution in [3.63, 3.8) is 0 Å². The number of carbonyl (C=O) groups is 3. The Morgan fingerprint density at radius 2 is 1.88 bits per heavy atom. The minimum absolute atomic E-state index is 0.0614. The van der Waals surface area contributed by atoms with Crippen LogP contribution < -0.4 is 10.6 Å². The van der Waals surface area contributed by atoms with Crippen LogP contribution in [0.2, 0.25) is 0 Å². The number of nitrogens with one attached hydrogen (secondary N) is 2. The van der Waals surface area contributed by atoms with Crippen LogP contribution in [0.5, 0.6) is 0 Å². The van der Waals surface area contributed by atoms with E-state index in [1.165, 1.54) is 22.7 Å². The zero-order valence-corrected chi connectivity index (χ0v) is 19.7. The van der Waals surface area contributed by atoms with Crippen molar-refractivity contribution >= 4 is 61.0 Å². The molecule has 0 aliphatic carbocycles. The average molecular weight is 489 g/mol. The first-order chi connectivity index (χ1) is 16.0. The summed E-state index contributed by atoms with van der Waals surface area (Å²) in [7, 11) is 0. The third-order valence-corrected chi connectivity index (χ3v) is 7.09. The van der Waals surface area contributed by atoms with Gasteiger partial charge in [-0.05, 0) is 38.0 Å². The molecule has 1 fully saturated rings. The molecule has 1 aliphatic rings. The highest BCUT2D eigenvalue weighted by molar-refractivity contribution is 7.29. The maximum atomic E-state index is 12.4. The number of hydrogen-bond acceptors (Lipinski definition) is 9. The number of hydrogen-bond donors (Lipinski definition) is 2. The molecule has 2 amide bonds. The number of thiophene rings is 1. The Labute approximate surface area is 198 Å². The van der Waals surface area contributed by atoms with Gasteiger partial charge >= 0.3 is 12.1 Å². The van der Waals surface area contributed by atoms with Gasteiger partial charge in [0.05, 0.1) is 11.3 Å². The number of anilines is 2. The van der Waals surface area contributed by atoms with E-state index in [1.54, 1.807) is 17.9 Å². The summed E-state index contributed by atoms with van der Waals surface area (Å²) in [6, 6.07) is 11.4. The lowest BCUT2D eigenvalue weighted by molar-refractivity contribution is -0.125. The zero-order chi connectivity index (χ0) is 23.2. The van der Waals surface area contributed by atoms with Crippen LogP contribution >= 0.6 is 22.7 Å². The molecule has 11 heteroatoms. The van der Waals surface area contributed by atoms with Gasteiger partial charge in [0.2, 0.25) is 0 Å². The first-order valence-electron chi connectivity index (χ1n) is 10.6. The molecule has 2 N–H and O–H groups in total. The van der Waals surface area contributed by atoms with Gasteiger partial charge < -0.3 is 25.0 Å². The van der Waals surface area contributed by atoms with Gasteiger partial charge in [-0.2, -0.15) is 0 Å². The minimum Gasteiger partial charge on any atom is -0.451 e. The highest BCUT2D eigenvalue weighted by Gasteiger charge is 2.25. The van der Waals surface area contributed by atoms with Crippen LogP contribution in [0.15, 0.2) is 36.4 Å². The molecule has 1 aromatic carbocycles. The van der Waals surface area contributed by atoms with Gasteiger partial charge in [0, 0.05) is 24.8 Å². The molecule has 4 rings (SSSR count). The number of thiazole rings is 1. The lowest BCUT2D eigenvalue weighted by Crippen LogP contribution is -2.47. The number of likely N-dealkylation sites (tertiary alicyclic amines) is 1. The summed E-state index contributed by atoms with van der Waals surface area (Å²) in [5.74, 6) is -0.904. The lowest BCUT2D eigenvalue weighted by Gasteiger charge is -2.31. The van der Waals surface area contributed by atoms with Crippen LogP contribution in [-0.4, -0.2) is 60.2 Å². The molecule has 3 heterocycles. The first kappa shape index (κ1) is 23.0. The van der Waals surface area contributed by atoms with Gasteiger partial charge in [-0.1, -0.05) is 29.5 Å². The van der Waals surface area contributed by atoms with Crippen LogP contribution in [0.3, 0.4) is 0 Å². The monoisotopic (exact) mass is 488 g/mol. The molecule has 0 saturated carbocycles. The number of esters is 1. The second-order valence-corrected chi connectivity index (χ2v) is 9.46. The van der Waals surface area contributed by atoms with Crippen molar-refractivity contribution in [2.75, 3.05) is 31.6 Å². The van der Waals surface area contributed by atoms with Crippen LogP contribution in [0.1, 0.15) is 29.4 Å². The summed E-state index contributed by atoms with van der Waals surface area (Å²) in [6.45, 7) is 2.79. The van der Waals surface area contributed by atoms with E-state index in [9.17, 15) is 14.4 Å². The maximum Gasteiger partial charge on any atom is 0.409 e. The third-order valence-electron chi connectivity index (χ3n) is 5.04. The zero-order valence-electron chi connectivity index (χ0n) is 18.0. The molecule has 174 valence electrons. The Morgan fingerprint density at radius 1 is 1.12 bits per heavy atom. The number of nitrogens with zero attached hydrogens (tertiary/aromatic N) is 2. The number of ether oxygens (including phenoxy) is 2. The van der Waals surface area contributed by atoms with E-state index in [0.717, 1.165) is 20.3 Å². The molecule has 3 aromatic rings. The number of rotatable bonds is 7. The van der Waals surface area contributed by atoms with Gasteiger partial charge in [-0.15, -0.1) is 11.3 Å². The quantitative estimate of drug-likeness (QED) is 0.484. The smallest absolute Gasteiger partial charge is 0.409 e. The summed E-state index contributed by atoms with van der Waals surface area (Å²) in [5, 5.41) is 6.84. The number of amides is 2. The Balaban J connectivity index is 1.23. The van der Waals surface area contributed by atoms with E-state index in [4.69, 9.17) is 9.47 Å². The van der Waals surface area contributed by atoms with Gasteiger partial charge in [0.1, 0.15) is 9.71 Å². The third kappa shape index (κ3) is 5.99. The van der Waals surface area contributed by atoms with Crippen molar-refractivity contribution in [1.29, 1.82) is 0 Å². The molecule has 0 atom stereocenters. The predicted molar refractivity (Wildman–Crippen MR) is 127 cm³/mol. The summed E-state index contributed by atoms with van der Waals surface area (Å²) in [4.78, 5) is 43.6. The van der Waals surface area contributed by atoms with Gasteiger partial charge in [0.25, 0.3) is 5.91 Å². The van der Waals surface area contributed by atoms with Crippen LogP contribution in [0, 0.1) is 0 Å². The molecule has 0 radical (unpaired) electrons. The molecule has 0 spiro atoms. The van der Waals surface area contributed by atoms with Gasteiger partial charge in [-0.3, -0.25) is 4.79 Å². The molecule has 0 bridgehead atoms. The maximum absolute atomic E-state index is 12.4. The van der Waals surface area contributed by atoms with Crippen molar-refractivity contribution in [3.8, 4) is 0 Å². The summed E-state index contributed by atoms with van der Waals surface area (Å²) < 4.78 is 11.1. The SMILES string of the molecule is CCOC(=O)N1CCC(NC(=O)COC(=O)c2cc3sc(Nc4ccccc4)nc3s2)CC1. The number of fused-ring (bicyclic) bond motifs is 1. The Kier molecular flexibility index (Phi) is 7.40. The second-order valence-electron chi connectivity index (χ2n) is 7.39. The van der Waals surface area contributed by atoms with E-state index in [1.807, 2.05) is 30.3 Å². The van der Waals surface area contributed by atoms with Crippen LogP contribution in [-0.2, 0) is 14.3 Å². The number of carbonyl (C=O) groups excluding carboxylic acids is 3. The molecule has 33 heavy (non-hydrogen) atoms. The van der Waals surface area contributed by atoms with Gasteiger partial charge in [-0.25, -0.2) is 14.6 Å². The molecule has 9 nitrogen and oxygen atoms in total. The van der Waals surface area contributed by atoms with E-state index in [-0.39, 0.29) is 24.6 Å². The number of benzene rings is 1. The van der Waals surface area contributed by atoms with Crippen molar-refractivity contribution in [2.24, 2.45) is 0 Å². The van der Waals surface area contributed by atoms with Crippen molar-refractivity contribution in [1.82, 2.24) is 15.2 Å². The summed E-state index contributed by atoms with van der Waals surface area (Å²) >= 11 is 2.68. The fourth-order valence-corrected chi connectivity index (χ4v) is 5.46. The first-order valence-corrected chi connectivity index (χ1v) is 12.3. The second kappa shape index (κ2) is 10.6.